The molecule has 26 heavy (non-hydrogen) atoms. The van der Waals surface area contributed by atoms with Gasteiger partial charge in [0, 0.05) is 26.1 Å². The van der Waals surface area contributed by atoms with Gasteiger partial charge in [-0.1, -0.05) is 42.5 Å². The molecule has 5 nitrogen and oxygen atoms in total. The Labute approximate surface area is 154 Å². The topological polar surface area (TPSA) is 58.6 Å². The van der Waals surface area contributed by atoms with Gasteiger partial charge in [-0.25, -0.2) is 0 Å². The van der Waals surface area contributed by atoms with Crippen LogP contribution >= 0.6 is 0 Å². The van der Waals surface area contributed by atoms with Gasteiger partial charge in [0.25, 0.3) is 0 Å². The number of ether oxygens (including phenoxy) is 1. The van der Waals surface area contributed by atoms with Crippen LogP contribution < -0.4 is 10.1 Å². The highest BCUT2D eigenvalue weighted by Crippen LogP contribution is 2.18. The Bertz CT molecular complexity index is 746. The molecule has 5 heteroatoms. The van der Waals surface area contributed by atoms with Crippen molar-refractivity contribution in [1.29, 1.82) is 0 Å². The van der Waals surface area contributed by atoms with E-state index >= 15 is 0 Å². The Morgan fingerprint density at radius 3 is 2.50 bits per heavy atom. The number of carbonyl (C=O) groups excluding carboxylic acids is 2. The quantitative estimate of drug-likeness (QED) is 0.833. The van der Waals surface area contributed by atoms with Gasteiger partial charge in [-0.2, -0.15) is 0 Å². The molecule has 1 N–H and O–H groups in total. The third-order valence-electron chi connectivity index (χ3n) is 4.49. The Morgan fingerprint density at radius 2 is 1.69 bits per heavy atom. The normalized spacial score (nSPS) is 13.0. The predicted molar refractivity (Wildman–Crippen MR) is 99.7 cm³/mol. The summed E-state index contributed by atoms with van der Waals surface area (Å²) in [4.78, 5) is 26.0. The largest absolute Gasteiger partial charge is 0.493 e. The summed E-state index contributed by atoms with van der Waals surface area (Å²) in [5.74, 6) is 0.735. The van der Waals surface area contributed by atoms with Gasteiger partial charge in [-0.05, 0) is 29.7 Å². The molecule has 0 saturated heterocycles. The summed E-state index contributed by atoms with van der Waals surface area (Å²) in [5.41, 5.74) is 2.54. The van der Waals surface area contributed by atoms with Crippen LogP contribution in [-0.2, 0) is 22.6 Å². The molecule has 1 aliphatic rings. The number of rotatable bonds is 7. The Balaban J connectivity index is 1.33. The van der Waals surface area contributed by atoms with Crippen LogP contribution in [0.15, 0.2) is 54.6 Å². The molecule has 0 unspecified atom stereocenters. The number of nitrogens with zero attached hydrogens (tertiary/aromatic N) is 1. The van der Waals surface area contributed by atoms with Gasteiger partial charge >= 0.3 is 0 Å². The van der Waals surface area contributed by atoms with Crippen molar-refractivity contribution in [3.8, 4) is 5.75 Å². The summed E-state index contributed by atoms with van der Waals surface area (Å²) in [6.07, 6.45) is 1.50. The first-order chi connectivity index (χ1) is 12.7. The van der Waals surface area contributed by atoms with E-state index in [0.29, 0.717) is 26.1 Å². The van der Waals surface area contributed by atoms with Gasteiger partial charge in [0.05, 0.1) is 13.0 Å². The van der Waals surface area contributed by atoms with Gasteiger partial charge in [0.2, 0.25) is 11.8 Å². The Morgan fingerprint density at radius 1 is 0.962 bits per heavy atom. The third kappa shape index (κ3) is 5.09. The van der Waals surface area contributed by atoms with E-state index in [9.17, 15) is 9.59 Å². The highest BCUT2D eigenvalue weighted by Gasteiger charge is 2.19. The molecule has 3 rings (SSSR count). The minimum absolute atomic E-state index is 0.0836. The maximum atomic E-state index is 12.3. The van der Waals surface area contributed by atoms with Crippen molar-refractivity contribution in [1.82, 2.24) is 10.2 Å². The molecular weight excluding hydrogens is 328 g/mol. The number of fused-ring (bicyclic) bond motifs is 1. The van der Waals surface area contributed by atoms with Gasteiger partial charge in [-0.15, -0.1) is 0 Å². The average molecular weight is 352 g/mol. The molecule has 2 amide bonds. The number of benzene rings is 2. The van der Waals surface area contributed by atoms with Crippen molar-refractivity contribution in [2.45, 2.75) is 25.8 Å². The lowest BCUT2D eigenvalue weighted by atomic mass is 10.00. The van der Waals surface area contributed by atoms with E-state index < -0.39 is 0 Å². The summed E-state index contributed by atoms with van der Waals surface area (Å²) in [6, 6.07) is 17.6. The number of hydrogen-bond donors (Lipinski definition) is 1. The van der Waals surface area contributed by atoms with Crippen molar-refractivity contribution in [3.05, 3.63) is 65.7 Å². The molecule has 0 saturated carbocycles. The number of nitrogens with one attached hydrogen (secondary N) is 1. The maximum absolute atomic E-state index is 12.3. The van der Waals surface area contributed by atoms with E-state index in [2.05, 4.69) is 17.4 Å². The van der Waals surface area contributed by atoms with Crippen molar-refractivity contribution in [2.75, 3.05) is 19.7 Å². The van der Waals surface area contributed by atoms with Crippen LogP contribution in [0.2, 0.25) is 0 Å². The predicted octanol–water partition coefficient (Wildman–Crippen LogP) is 2.55. The fraction of sp³-hybridized carbons (Fsp3) is 0.333. The molecule has 0 atom stereocenters. The van der Waals surface area contributed by atoms with Crippen molar-refractivity contribution >= 4 is 11.8 Å². The lowest BCUT2D eigenvalue weighted by molar-refractivity contribution is -0.132. The van der Waals surface area contributed by atoms with Crippen LogP contribution in [0, 0.1) is 0 Å². The molecule has 0 aromatic heterocycles. The zero-order valence-corrected chi connectivity index (χ0v) is 14.8. The molecule has 136 valence electrons. The highest BCUT2D eigenvalue weighted by molar-refractivity contribution is 5.79. The molecular formula is C21H24N2O3. The minimum atomic E-state index is -0.0993. The summed E-state index contributed by atoms with van der Waals surface area (Å²) in [7, 11) is 0. The van der Waals surface area contributed by atoms with Crippen molar-refractivity contribution in [2.24, 2.45) is 0 Å². The maximum Gasteiger partial charge on any atom is 0.224 e. The summed E-state index contributed by atoms with van der Waals surface area (Å²) in [5, 5.41) is 2.79. The molecule has 1 heterocycles. The molecule has 0 fully saturated rings. The fourth-order valence-corrected chi connectivity index (χ4v) is 3.04. The summed E-state index contributed by atoms with van der Waals surface area (Å²) >= 11 is 0. The second-order valence-corrected chi connectivity index (χ2v) is 6.35. The highest BCUT2D eigenvalue weighted by atomic mass is 16.5. The third-order valence-corrected chi connectivity index (χ3v) is 4.49. The SMILES string of the molecule is O=C(CCOc1ccccc1)NCCC(=O)N1CCc2ccccc2C1. The van der Waals surface area contributed by atoms with E-state index in [-0.39, 0.29) is 18.2 Å². The number of para-hydroxylation sites is 1. The second-order valence-electron chi connectivity index (χ2n) is 6.35. The molecule has 2 aromatic carbocycles. The Hall–Kier alpha value is -2.82. The lowest BCUT2D eigenvalue weighted by Gasteiger charge is -2.29. The van der Waals surface area contributed by atoms with Crippen LogP contribution in [0.5, 0.6) is 5.75 Å². The zero-order valence-electron chi connectivity index (χ0n) is 14.8. The molecule has 0 radical (unpaired) electrons. The molecule has 1 aliphatic heterocycles. The van der Waals surface area contributed by atoms with Gasteiger partial charge in [-0.3, -0.25) is 9.59 Å². The van der Waals surface area contributed by atoms with Gasteiger partial charge in [0.1, 0.15) is 5.75 Å². The molecule has 2 aromatic rings. The van der Waals surface area contributed by atoms with Crippen LogP contribution in [0.3, 0.4) is 0 Å². The number of hydrogen-bond acceptors (Lipinski definition) is 3. The molecule has 0 aliphatic carbocycles. The molecule has 0 bridgehead atoms. The second kappa shape index (κ2) is 9.04. The van der Waals surface area contributed by atoms with Gasteiger partial charge in [0.15, 0.2) is 0 Å². The van der Waals surface area contributed by atoms with Crippen molar-refractivity contribution < 1.29 is 14.3 Å². The standard InChI is InChI=1S/C21H24N2O3/c24-20(12-15-26-19-8-2-1-3-9-19)22-13-10-21(25)23-14-11-17-6-4-5-7-18(17)16-23/h1-9H,10-16H2,(H,22,24). The Kier molecular flexibility index (Phi) is 6.25. The van der Waals surface area contributed by atoms with Crippen LogP contribution in [0.25, 0.3) is 0 Å². The first kappa shape index (κ1) is 18.0. The monoisotopic (exact) mass is 352 g/mol. The number of amides is 2. The lowest BCUT2D eigenvalue weighted by Crippen LogP contribution is -2.38. The first-order valence-corrected chi connectivity index (χ1v) is 9.01. The van der Waals surface area contributed by atoms with E-state index in [4.69, 9.17) is 4.74 Å². The van der Waals surface area contributed by atoms with Gasteiger partial charge < -0.3 is 15.0 Å². The summed E-state index contributed by atoms with van der Waals surface area (Å²) in [6.45, 7) is 2.09. The first-order valence-electron chi connectivity index (χ1n) is 9.01. The van der Waals surface area contributed by atoms with E-state index in [0.717, 1.165) is 18.7 Å². The van der Waals surface area contributed by atoms with Crippen LogP contribution in [0.4, 0.5) is 0 Å². The average Bonchev–Trinajstić information content (AvgIpc) is 2.68. The van der Waals surface area contributed by atoms with Crippen molar-refractivity contribution in [3.63, 3.8) is 0 Å². The number of carbonyl (C=O) groups is 2. The van der Waals surface area contributed by atoms with E-state index in [1.54, 1.807) is 0 Å². The molecule has 0 spiro atoms. The van der Waals surface area contributed by atoms with Crippen LogP contribution in [0.1, 0.15) is 24.0 Å². The van der Waals surface area contributed by atoms with E-state index in [1.165, 1.54) is 11.1 Å². The minimum Gasteiger partial charge on any atom is -0.493 e. The smallest absolute Gasteiger partial charge is 0.224 e. The zero-order chi connectivity index (χ0) is 18.2. The summed E-state index contributed by atoms with van der Waals surface area (Å²) < 4.78 is 5.50. The van der Waals surface area contributed by atoms with E-state index in [1.807, 2.05) is 47.4 Å². The van der Waals surface area contributed by atoms with Crippen LogP contribution in [-0.4, -0.2) is 36.4 Å². The fourth-order valence-electron chi connectivity index (χ4n) is 3.04.